The Hall–Kier alpha value is -6.38. The van der Waals surface area contributed by atoms with Gasteiger partial charge in [0.2, 0.25) is 0 Å². The number of benzene rings is 6. The molecule has 0 atom stereocenters. The Kier molecular flexibility index (Phi) is 6.15. The average molecular weight is 616 g/mol. The standard InChI is InChI=1S/C43H29N5/c1-43(2)33-19-11-9-17-31(33)38-34(43)22-24-37-39(38)32-18-10-12-20-36(32)48(37)35-23-21-29(25-30(35)26-44)42-46-40(27-13-5-3-6-14-27)45-41(47-42)28-15-7-4-8-16-28/h3-25H,1-2H3. The van der Waals surface area contributed by atoms with E-state index < -0.39 is 0 Å². The van der Waals surface area contributed by atoms with Crippen molar-refractivity contribution in [3.63, 3.8) is 0 Å². The van der Waals surface area contributed by atoms with Crippen LogP contribution in [0, 0.1) is 11.3 Å². The summed E-state index contributed by atoms with van der Waals surface area (Å²) in [5.74, 6) is 1.69. The summed E-state index contributed by atoms with van der Waals surface area (Å²) >= 11 is 0. The lowest BCUT2D eigenvalue weighted by atomic mass is 9.82. The number of para-hydroxylation sites is 1. The van der Waals surface area contributed by atoms with Crippen molar-refractivity contribution in [2.45, 2.75) is 19.3 Å². The highest BCUT2D eigenvalue weighted by Crippen LogP contribution is 2.53. The Morgan fingerprint density at radius 1 is 0.562 bits per heavy atom. The van der Waals surface area contributed by atoms with Crippen LogP contribution < -0.4 is 0 Å². The first-order chi connectivity index (χ1) is 23.5. The van der Waals surface area contributed by atoms with Gasteiger partial charge in [-0.3, -0.25) is 0 Å². The van der Waals surface area contributed by atoms with Crippen LogP contribution in [0.25, 0.3) is 72.8 Å². The largest absolute Gasteiger partial charge is 0.308 e. The topological polar surface area (TPSA) is 67.4 Å². The van der Waals surface area contributed by atoms with E-state index in [2.05, 4.69) is 85.1 Å². The van der Waals surface area contributed by atoms with Gasteiger partial charge >= 0.3 is 0 Å². The number of hydrogen-bond acceptors (Lipinski definition) is 4. The fraction of sp³-hybridized carbons (Fsp3) is 0.0698. The van der Waals surface area contributed by atoms with E-state index in [-0.39, 0.29) is 5.41 Å². The van der Waals surface area contributed by atoms with E-state index in [4.69, 9.17) is 15.0 Å². The minimum Gasteiger partial charge on any atom is -0.308 e. The van der Waals surface area contributed by atoms with Gasteiger partial charge in [-0.15, -0.1) is 0 Å². The normalized spacial score (nSPS) is 12.9. The van der Waals surface area contributed by atoms with Crippen molar-refractivity contribution in [1.29, 1.82) is 5.26 Å². The zero-order valence-electron chi connectivity index (χ0n) is 26.5. The molecule has 5 nitrogen and oxygen atoms in total. The molecule has 0 saturated carbocycles. The van der Waals surface area contributed by atoms with Crippen molar-refractivity contribution in [3.8, 4) is 57.0 Å². The molecule has 0 saturated heterocycles. The van der Waals surface area contributed by atoms with Gasteiger partial charge in [0, 0.05) is 32.9 Å². The van der Waals surface area contributed by atoms with Crippen LogP contribution in [0.4, 0.5) is 0 Å². The molecule has 0 bridgehead atoms. The van der Waals surface area contributed by atoms with Crippen molar-refractivity contribution in [2.75, 3.05) is 0 Å². The van der Waals surface area contributed by atoms with Gasteiger partial charge in [-0.2, -0.15) is 5.26 Å². The lowest BCUT2D eigenvalue weighted by molar-refractivity contribution is 0.661. The second-order valence-corrected chi connectivity index (χ2v) is 12.8. The van der Waals surface area contributed by atoms with Gasteiger partial charge in [-0.05, 0) is 52.6 Å². The average Bonchev–Trinajstić information content (AvgIpc) is 3.60. The van der Waals surface area contributed by atoms with Crippen molar-refractivity contribution in [1.82, 2.24) is 19.5 Å². The highest BCUT2D eigenvalue weighted by molar-refractivity contribution is 6.18. The Labute approximate surface area is 278 Å². The van der Waals surface area contributed by atoms with Crippen LogP contribution in [0.5, 0.6) is 0 Å². The quantitative estimate of drug-likeness (QED) is 0.198. The first-order valence-corrected chi connectivity index (χ1v) is 16.1. The Bertz CT molecular complexity index is 2530. The van der Waals surface area contributed by atoms with Crippen molar-refractivity contribution in [2.24, 2.45) is 0 Å². The van der Waals surface area contributed by atoms with Crippen LogP contribution >= 0.6 is 0 Å². The summed E-state index contributed by atoms with van der Waals surface area (Å²) in [5.41, 5.74) is 11.2. The molecule has 8 aromatic rings. The molecule has 2 heterocycles. The van der Waals surface area contributed by atoms with Crippen LogP contribution in [0.15, 0.2) is 140 Å². The fourth-order valence-electron chi connectivity index (χ4n) is 7.41. The number of nitrogens with zero attached hydrogens (tertiary/aromatic N) is 5. The molecule has 226 valence electrons. The molecule has 48 heavy (non-hydrogen) atoms. The summed E-state index contributed by atoms with van der Waals surface area (Å²) < 4.78 is 2.24. The van der Waals surface area contributed by atoms with Gasteiger partial charge in [0.05, 0.1) is 22.3 Å². The first kappa shape index (κ1) is 27.9. The molecule has 6 aromatic carbocycles. The highest BCUT2D eigenvalue weighted by atomic mass is 15.0. The zero-order valence-corrected chi connectivity index (χ0v) is 26.5. The third-order valence-corrected chi connectivity index (χ3v) is 9.70. The van der Waals surface area contributed by atoms with E-state index in [0.717, 1.165) is 33.4 Å². The summed E-state index contributed by atoms with van der Waals surface area (Å²) in [6.07, 6.45) is 0. The number of fused-ring (bicyclic) bond motifs is 7. The molecule has 0 fully saturated rings. The molecule has 0 radical (unpaired) electrons. The van der Waals surface area contributed by atoms with E-state index in [1.54, 1.807) is 0 Å². The lowest BCUT2D eigenvalue weighted by Crippen LogP contribution is -2.14. The molecule has 5 heteroatoms. The minimum absolute atomic E-state index is 0.107. The summed E-state index contributed by atoms with van der Waals surface area (Å²) in [6, 6.07) is 50.0. The molecule has 0 aliphatic heterocycles. The fourth-order valence-corrected chi connectivity index (χ4v) is 7.41. The second-order valence-electron chi connectivity index (χ2n) is 12.8. The van der Waals surface area contributed by atoms with Crippen LogP contribution in [0.2, 0.25) is 0 Å². The third-order valence-electron chi connectivity index (χ3n) is 9.70. The van der Waals surface area contributed by atoms with Crippen LogP contribution in [0.3, 0.4) is 0 Å². The number of nitriles is 1. The van der Waals surface area contributed by atoms with Gasteiger partial charge in [0.1, 0.15) is 6.07 Å². The highest BCUT2D eigenvalue weighted by Gasteiger charge is 2.37. The molecule has 2 aromatic heterocycles. The van der Waals surface area contributed by atoms with E-state index in [1.807, 2.05) is 78.9 Å². The SMILES string of the molecule is CC1(C)c2ccccc2-c2c1ccc1c2c2ccccc2n1-c1ccc(-c2nc(-c3ccccc3)nc(-c3ccccc3)n2)cc1C#N. The third kappa shape index (κ3) is 4.13. The summed E-state index contributed by atoms with van der Waals surface area (Å²) in [6.45, 7) is 4.62. The molecule has 0 N–H and O–H groups in total. The van der Waals surface area contributed by atoms with Crippen molar-refractivity contribution < 1.29 is 0 Å². The van der Waals surface area contributed by atoms with Gasteiger partial charge in [-0.25, -0.2) is 15.0 Å². The maximum atomic E-state index is 10.6. The van der Waals surface area contributed by atoms with Gasteiger partial charge < -0.3 is 4.57 Å². The van der Waals surface area contributed by atoms with Crippen LogP contribution in [-0.4, -0.2) is 19.5 Å². The van der Waals surface area contributed by atoms with E-state index in [1.165, 1.54) is 33.0 Å². The predicted molar refractivity (Wildman–Crippen MR) is 193 cm³/mol. The summed E-state index contributed by atoms with van der Waals surface area (Å²) in [7, 11) is 0. The number of aromatic nitrogens is 4. The van der Waals surface area contributed by atoms with Gasteiger partial charge in [0.25, 0.3) is 0 Å². The lowest BCUT2D eigenvalue weighted by Gasteiger charge is -2.21. The maximum absolute atomic E-state index is 10.6. The molecular weight excluding hydrogens is 587 g/mol. The van der Waals surface area contributed by atoms with Crippen molar-refractivity contribution >= 4 is 21.8 Å². The molecule has 0 amide bonds. The van der Waals surface area contributed by atoms with Crippen molar-refractivity contribution in [3.05, 3.63) is 156 Å². The summed E-state index contributed by atoms with van der Waals surface area (Å²) in [4.78, 5) is 14.6. The molecular formula is C43H29N5. The smallest absolute Gasteiger partial charge is 0.164 e. The second kappa shape index (κ2) is 10.6. The molecule has 9 rings (SSSR count). The van der Waals surface area contributed by atoms with E-state index >= 15 is 0 Å². The monoisotopic (exact) mass is 615 g/mol. The van der Waals surface area contributed by atoms with Gasteiger partial charge in [-0.1, -0.05) is 123 Å². The molecule has 0 unspecified atom stereocenters. The van der Waals surface area contributed by atoms with Crippen LogP contribution in [-0.2, 0) is 5.41 Å². The maximum Gasteiger partial charge on any atom is 0.164 e. The zero-order chi connectivity index (χ0) is 32.4. The van der Waals surface area contributed by atoms with Crippen LogP contribution in [0.1, 0.15) is 30.5 Å². The van der Waals surface area contributed by atoms with Gasteiger partial charge in [0.15, 0.2) is 17.5 Å². The summed E-state index contributed by atoms with van der Waals surface area (Å²) in [5, 5.41) is 13.0. The molecule has 1 aliphatic rings. The van der Waals surface area contributed by atoms with E-state index in [0.29, 0.717) is 23.0 Å². The van der Waals surface area contributed by atoms with E-state index in [9.17, 15) is 5.26 Å². The Morgan fingerprint density at radius 2 is 1.17 bits per heavy atom. The molecule has 0 spiro atoms. The predicted octanol–water partition coefficient (Wildman–Crippen LogP) is 10.1. The molecule has 1 aliphatic carbocycles. The number of hydrogen-bond donors (Lipinski definition) is 0. The Morgan fingerprint density at radius 3 is 1.85 bits per heavy atom. The number of rotatable bonds is 4. The minimum atomic E-state index is -0.107. The first-order valence-electron chi connectivity index (χ1n) is 16.1. The Balaban J connectivity index is 1.26.